The third-order valence-electron chi connectivity index (χ3n) is 2.51. The molecule has 16 heavy (non-hydrogen) atoms. The summed E-state index contributed by atoms with van der Waals surface area (Å²) in [5, 5.41) is 2.68. The largest absolute Gasteiger partial charge is 0.326 e. The number of carbonyl (C=O) groups is 2. The van der Waals surface area contributed by atoms with Crippen molar-refractivity contribution in [3.63, 3.8) is 0 Å². The van der Waals surface area contributed by atoms with Crippen molar-refractivity contribution in [3.05, 3.63) is 29.1 Å². The van der Waals surface area contributed by atoms with E-state index in [4.69, 9.17) is 0 Å². The number of benzene rings is 1. The number of aryl methyl sites for hydroxylation is 1. The van der Waals surface area contributed by atoms with Crippen LogP contribution in [0.5, 0.6) is 0 Å². The molecule has 0 fully saturated rings. The van der Waals surface area contributed by atoms with Crippen molar-refractivity contribution in [2.24, 2.45) is 0 Å². The molecule has 1 heterocycles. The molecule has 0 radical (unpaired) electrons. The van der Waals surface area contributed by atoms with E-state index in [2.05, 4.69) is 21.2 Å². The van der Waals surface area contributed by atoms with Gasteiger partial charge in [0.15, 0.2) is 5.78 Å². The highest BCUT2D eigenvalue weighted by atomic mass is 79.9. The van der Waals surface area contributed by atoms with Crippen LogP contribution in [0.4, 0.5) is 10.1 Å². The van der Waals surface area contributed by atoms with E-state index in [0.29, 0.717) is 18.5 Å². The fraction of sp³-hybridized carbons (Fsp3) is 0.273. The quantitative estimate of drug-likeness (QED) is 0.669. The first-order valence-electron chi connectivity index (χ1n) is 4.83. The van der Waals surface area contributed by atoms with Crippen LogP contribution in [0.2, 0.25) is 0 Å². The predicted molar refractivity (Wildman–Crippen MR) is 61.5 cm³/mol. The molecule has 0 saturated carbocycles. The number of rotatable bonds is 2. The zero-order valence-corrected chi connectivity index (χ0v) is 9.93. The Morgan fingerprint density at radius 2 is 2.19 bits per heavy atom. The van der Waals surface area contributed by atoms with Crippen molar-refractivity contribution >= 4 is 33.3 Å². The fourth-order valence-corrected chi connectivity index (χ4v) is 1.99. The highest BCUT2D eigenvalue weighted by Gasteiger charge is 2.19. The maximum Gasteiger partial charge on any atom is 0.224 e. The van der Waals surface area contributed by atoms with Crippen LogP contribution in [-0.4, -0.2) is 17.0 Å². The highest BCUT2D eigenvalue weighted by molar-refractivity contribution is 9.09. The van der Waals surface area contributed by atoms with Gasteiger partial charge in [-0.15, -0.1) is 0 Å². The zero-order chi connectivity index (χ0) is 11.7. The van der Waals surface area contributed by atoms with Crippen molar-refractivity contribution in [1.29, 1.82) is 0 Å². The molecule has 5 heteroatoms. The van der Waals surface area contributed by atoms with E-state index in [-0.39, 0.29) is 22.6 Å². The molecule has 0 spiro atoms. The van der Waals surface area contributed by atoms with Crippen LogP contribution in [0.3, 0.4) is 0 Å². The average Bonchev–Trinajstić information content (AvgIpc) is 2.27. The summed E-state index contributed by atoms with van der Waals surface area (Å²) < 4.78 is 13.5. The lowest BCUT2D eigenvalue weighted by Gasteiger charge is -2.17. The SMILES string of the molecule is O=C1CCc2cc(C(=O)CBr)c(F)cc2N1. The predicted octanol–water partition coefficient (Wildman–Crippen LogP) is 2.29. The van der Waals surface area contributed by atoms with E-state index in [9.17, 15) is 14.0 Å². The number of alkyl halides is 1. The second-order valence-electron chi connectivity index (χ2n) is 3.59. The Morgan fingerprint density at radius 3 is 2.88 bits per heavy atom. The minimum absolute atomic E-state index is 0.0757. The standard InChI is InChI=1S/C11H9BrFNO2/c12-5-10(15)7-3-6-1-2-11(16)14-9(6)4-8(7)13/h3-4H,1-2,5H2,(H,14,16). The van der Waals surface area contributed by atoms with E-state index < -0.39 is 5.82 Å². The smallest absolute Gasteiger partial charge is 0.224 e. The van der Waals surface area contributed by atoms with Gasteiger partial charge < -0.3 is 5.32 Å². The molecule has 0 saturated heterocycles. The van der Waals surface area contributed by atoms with E-state index >= 15 is 0 Å². The molecule has 0 aliphatic carbocycles. The zero-order valence-electron chi connectivity index (χ0n) is 8.35. The molecular weight excluding hydrogens is 277 g/mol. The summed E-state index contributed by atoms with van der Waals surface area (Å²) in [5.74, 6) is -1.01. The third-order valence-corrected chi connectivity index (χ3v) is 3.02. The Morgan fingerprint density at radius 1 is 1.44 bits per heavy atom. The van der Waals surface area contributed by atoms with Crippen LogP contribution in [0.15, 0.2) is 12.1 Å². The van der Waals surface area contributed by atoms with Crippen LogP contribution >= 0.6 is 15.9 Å². The molecule has 2 rings (SSSR count). The van der Waals surface area contributed by atoms with E-state index in [1.54, 1.807) is 0 Å². The number of carbonyl (C=O) groups excluding carboxylic acids is 2. The Kier molecular flexibility index (Phi) is 3.05. The van der Waals surface area contributed by atoms with Gasteiger partial charge in [-0.2, -0.15) is 0 Å². The van der Waals surface area contributed by atoms with Crippen LogP contribution in [0.1, 0.15) is 22.3 Å². The average molecular weight is 286 g/mol. The van der Waals surface area contributed by atoms with E-state index in [1.807, 2.05) is 0 Å². The lowest BCUT2D eigenvalue weighted by Crippen LogP contribution is -2.20. The lowest BCUT2D eigenvalue weighted by molar-refractivity contribution is -0.116. The number of halogens is 2. The van der Waals surface area contributed by atoms with Crippen molar-refractivity contribution < 1.29 is 14.0 Å². The molecule has 1 aromatic carbocycles. The second kappa shape index (κ2) is 4.33. The summed E-state index contributed by atoms with van der Waals surface area (Å²) in [4.78, 5) is 22.5. The van der Waals surface area contributed by atoms with Crippen molar-refractivity contribution in [3.8, 4) is 0 Å². The molecule has 0 aromatic heterocycles. The first kappa shape index (κ1) is 11.3. The van der Waals surface area contributed by atoms with Crippen molar-refractivity contribution in [1.82, 2.24) is 0 Å². The molecule has 1 amide bonds. The highest BCUT2D eigenvalue weighted by Crippen LogP contribution is 2.26. The van der Waals surface area contributed by atoms with Gasteiger partial charge in [0.1, 0.15) is 5.82 Å². The second-order valence-corrected chi connectivity index (χ2v) is 4.15. The van der Waals surface area contributed by atoms with Gasteiger partial charge in [-0.05, 0) is 24.1 Å². The summed E-state index contributed by atoms with van der Waals surface area (Å²) in [7, 11) is 0. The number of hydrogen-bond acceptors (Lipinski definition) is 2. The van der Waals surface area contributed by atoms with Crippen LogP contribution in [0, 0.1) is 5.82 Å². The Balaban J connectivity index is 2.45. The topological polar surface area (TPSA) is 46.2 Å². The number of ketones is 1. The Hall–Kier alpha value is -1.23. The van der Waals surface area contributed by atoms with E-state index in [1.165, 1.54) is 12.1 Å². The number of hydrogen-bond donors (Lipinski definition) is 1. The first-order chi connectivity index (χ1) is 7.61. The van der Waals surface area contributed by atoms with Gasteiger partial charge in [0.05, 0.1) is 10.9 Å². The fourth-order valence-electron chi connectivity index (χ4n) is 1.69. The summed E-state index contributed by atoms with van der Waals surface area (Å²) in [6.07, 6.45) is 0.921. The Bertz CT molecular complexity index is 473. The summed E-state index contributed by atoms with van der Waals surface area (Å²) in [5.41, 5.74) is 1.36. The van der Waals surface area contributed by atoms with Crippen LogP contribution < -0.4 is 5.32 Å². The maximum atomic E-state index is 13.5. The molecular formula is C11H9BrFNO2. The molecule has 1 aromatic rings. The number of fused-ring (bicyclic) bond motifs is 1. The molecule has 1 aliphatic heterocycles. The third kappa shape index (κ3) is 2.00. The van der Waals surface area contributed by atoms with Crippen LogP contribution in [-0.2, 0) is 11.2 Å². The minimum Gasteiger partial charge on any atom is -0.326 e. The number of anilines is 1. The van der Waals surface area contributed by atoms with Gasteiger partial charge in [-0.25, -0.2) is 4.39 Å². The molecule has 3 nitrogen and oxygen atoms in total. The number of Topliss-reactive ketones (excluding diaryl/α,β-unsaturated/α-hetero) is 1. The van der Waals surface area contributed by atoms with Crippen LogP contribution in [0.25, 0.3) is 0 Å². The first-order valence-corrected chi connectivity index (χ1v) is 5.95. The molecule has 0 unspecified atom stereocenters. The van der Waals surface area contributed by atoms with Gasteiger partial charge >= 0.3 is 0 Å². The molecule has 84 valence electrons. The summed E-state index contributed by atoms with van der Waals surface area (Å²) in [6, 6.07) is 2.73. The number of nitrogens with one attached hydrogen (secondary N) is 1. The molecule has 1 N–H and O–H groups in total. The minimum atomic E-state index is -0.592. The van der Waals surface area contributed by atoms with Crippen molar-refractivity contribution in [2.75, 3.05) is 10.6 Å². The molecule has 1 aliphatic rings. The lowest BCUT2D eigenvalue weighted by atomic mass is 9.98. The normalized spacial score (nSPS) is 14.2. The monoisotopic (exact) mass is 285 g/mol. The van der Waals surface area contributed by atoms with Crippen molar-refractivity contribution in [2.45, 2.75) is 12.8 Å². The van der Waals surface area contributed by atoms with E-state index in [0.717, 1.165) is 5.56 Å². The number of amides is 1. The van der Waals surface area contributed by atoms with Gasteiger partial charge in [0.25, 0.3) is 0 Å². The van der Waals surface area contributed by atoms with Gasteiger partial charge in [-0.1, -0.05) is 15.9 Å². The summed E-state index contributed by atoms with van der Waals surface area (Å²) >= 11 is 3.01. The molecule has 0 bridgehead atoms. The summed E-state index contributed by atoms with van der Waals surface area (Å²) in [6.45, 7) is 0. The van der Waals surface area contributed by atoms with Gasteiger partial charge in [-0.3, -0.25) is 9.59 Å². The maximum absolute atomic E-state index is 13.5. The van der Waals surface area contributed by atoms with Gasteiger partial charge in [0, 0.05) is 12.1 Å². The van der Waals surface area contributed by atoms with Gasteiger partial charge in [0.2, 0.25) is 5.91 Å². The Labute approximate surface area is 100 Å². The molecule has 0 atom stereocenters.